The number of aliphatic carboxylic acids is 1. The van der Waals surface area contributed by atoms with Crippen LogP contribution in [0.2, 0.25) is 0 Å². The molecule has 0 aliphatic rings. The molecule has 2 N–H and O–H groups in total. The summed E-state index contributed by atoms with van der Waals surface area (Å²) in [4.78, 5) is 13.4. The Hall–Kier alpha value is -1.82. The third kappa shape index (κ3) is 2.47. The first kappa shape index (κ1) is 11.7. The number of hydrogen-bond acceptors (Lipinski definition) is 3. The Balaban J connectivity index is 2.20. The van der Waals surface area contributed by atoms with Gasteiger partial charge in [0, 0.05) is 13.1 Å². The molecule has 2 aromatic rings. The molecular weight excluding hydrogens is 240 g/mol. The van der Waals surface area contributed by atoms with Crippen molar-refractivity contribution in [2.75, 3.05) is 6.61 Å². The number of nitrogens with one attached hydrogen (secondary N) is 1. The van der Waals surface area contributed by atoms with Crippen molar-refractivity contribution < 1.29 is 14.6 Å². The molecule has 1 aromatic carbocycles. The van der Waals surface area contributed by atoms with Crippen LogP contribution in [0.1, 0.15) is 6.42 Å². The fraction of sp³-hybridized carbons (Fsp3) is 0.273. The van der Waals surface area contributed by atoms with Gasteiger partial charge in [0.25, 0.3) is 0 Å². The predicted molar refractivity (Wildman–Crippen MR) is 65.9 cm³/mol. The number of aryl methyl sites for hydroxylation is 1. The van der Waals surface area contributed by atoms with Gasteiger partial charge in [0.1, 0.15) is 5.75 Å². The Labute approximate surface area is 103 Å². The minimum atomic E-state index is -0.870. The largest absolute Gasteiger partial charge is 0.493 e. The van der Waals surface area contributed by atoms with E-state index in [2.05, 4.69) is 4.98 Å². The standard InChI is InChI=1S/C11H12N2O3S/c1-13-9-3-2-7(16-5-4-10(14)15)6-8(9)12-11(13)17/h2-3,6H,4-5H2,1H3,(H,12,17)(H,14,15). The molecule has 0 radical (unpaired) electrons. The molecule has 0 fully saturated rings. The number of hydrogen-bond donors (Lipinski definition) is 2. The molecule has 1 heterocycles. The number of carboxylic acids is 1. The van der Waals surface area contributed by atoms with Crippen molar-refractivity contribution >= 4 is 29.2 Å². The summed E-state index contributed by atoms with van der Waals surface area (Å²) in [5, 5.41) is 8.50. The van der Waals surface area contributed by atoms with Gasteiger partial charge in [0.15, 0.2) is 4.77 Å². The SMILES string of the molecule is Cn1c(=S)[nH]c2cc(OCCC(=O)O)ccc21. The smallest absolute Gasteiger partial charge is 0.306 e. The van der Waals surface area contributed by atoms with Crippen molar-refractivity contribution in [2.24, 2.45) is 7.05 Å². The molecule has 0 saturated carbocycles. The number of carboxylic acid groups (broad SMARTS) is 1. The van der Waals surface area contributed by atoms with Gasteiger partial charge in [0.2, 0.25) is 0 Å². The molecule has 0 bridgehead atoms. The average Bonchev–Trinajstić information content (AvgIpc) is 2.54. The van der Waals surface area contributed by atoms with E-state index in [1.165, 1.54) is 0 Å². The summed E-state index contributed by atoms with van der Waals surface area (Å²) in [5.74, 6) is -0.235. The van der Waals surface area contributed by atoms with Gasteiger partial charge >= 0.3 is 5.97 Å². The first-order chi connectivity index (χ1) is 8.08. The third-order valence-corrected chi connectivity index (χ3v) is 2.84. The average molecular weight is 252 g/mol. The maximum Gasteiger partial charge on any atom is 0.306 e. The summed E-state index contributed by atoms with van der Waals surface area (Å²) in [6.07, 6.45) is -0.0111. The Bertz CT molecular complexity index is 615. The molecular formula is C11H12N2O3S. The summed E-state index contributed by atoms with van der Waals surface area (Å²) < 4.78 is 7.84. The molecule has 2 rings (SSSR count). The van der Waals surface area contributed by atoms with Gasteiger partial charge in [-0.1, -0.05) is 0 Å². The fourth-order valence-corrected chi connectivity index (χ4v) is 1.77. The lowest BCUT2D eigenvalue weighted by molar-refractivity contribution is -0.137. The predicted octanol–water partition coefficient (Wildman–Crippen LogP) is 2.09. The van der Waals surface area contributed by atoms with Crippen molar-refractivity contribution in [3.05, 3.63) is 23.0 Å². The number of carbonyl (C=O) groups is 1. The van der Waals surface area contributed by atoms with E-state index in [9.17, 15) is 4.79 Å². The highest BCUT2D eigenvalue weighted by Gasteiger charge is 2.03. The molecule has 1 aromatic heterocycles. The molecule has 0 aliphatic heterocycles. The van der Waals surface area contributed by atoms with E-state index in [1.54, 1.807) is 6.07 Å². The highest BCUT2D eigenvalue weighted by atomic mass is 32.1. The van der Waals surface area contributed by atoms with E-state index >= 15 is 0 Å². The van der Waals surface area contributed by atoms with Crippen LogP contribution in [0, 0.1) is 4.77 Å². The normalized spacial score (nSPS) is 10.6. The number of benzene rings is 1. The second-order valence-electron chi connectivity index (χ2n) is 3.66. The Morgan fingerprint density at radius 3 is 3.06 bits per heavy atom. The highest BCUT2D eigenvalue weighted by Crippen LogP contribution is 2.19. The van der Waals surface area contributed by atoms with Gasteiger partial charge in [-0.15, -0.1) is 0 Å². The minimum absolute atomic E-state index is 0.0111. The van der Waals surface area contributed by atoms with Gasteiger partial charge in [-0.3, -0.25) is 4.79 Å². The van der Waals surface area contributed by atoms with E-state index in [0.29, 0.717) is 10.5 Å². The molecule has 6 heteroatoms. The van der Waals surface area contributed by atoms with Crippen molar-refractivity contribution in [3.63, 3.8) is 0 Å². The lowest BCUT2D eigenvalue weighted by Gasteiger charge is -2.04. The summed E-state index contributed by atoms with van der Waals surface area (Å²) >= 11 is 5.11. The van der Waals surface area contributed by atoms with Crippen LogP contribution in [0.25, 0.3) is 11.0 Å². The monoisotopic (exact) mass is 252 g/mol. The quantitative estimate of drug-likeness (QED) is 0.818. The van der Waals surface area contributed by atoms with Gasteiger partial charge in [-0.2, -0.15) is 0 Å². The van der Waals surface area contributed by atoms with Crippen molar-refractivity contribution in [1.29, 1.82) is 0 Å². The zero-order valence-electron chi connectivity index (χ0n) is 9.27. The van der Waals surface area contributed by atoms with E-state index in [0.717, 1.165) is 11.0 Å². The summed E-state index contributed by atoms with van der Waals surface area (Å²) in [7, 11) is 1.88. The molecule has 17 heavy (non-hydrogen) atoms. The number of aromatic amines is 1. The van der Waals surface area contributed by atoms with Gasteiger partial charge in [-0.05, 0) is 24.4 Å². The zero-order chi connectivity index (χ0) is 12.4. The lowest BCUT2D eigenvalue weighted by Crippen LogP contribution is -2.04. The number of nitrogens with zero attached hydrogens (tertiary/aromatic N) is 1. The fourth-order valence-electron chi connectivity index (χ4n) is 1.56. The van der Waals surface area contributed by atoms with Crippen LogP contribution in [-0.2, 0) is 11.8 Å². The topological polar surface area (TPSA) is 67.2 Å². The molecule has 0 amide bonds. The van der Waals surface area contributed by atoms with Crippen molar-refractivity contribution in [2.45, 2.75) is 6.42 Å². The van der Waals surface area contributed by atoms with E-state index in [-0.39, 0.29) is 13.0 Å². The van der Waals surface area contributed by atoms with Gasteiger partial charge < -0.3 is 19.4 Å². The molecule has 0 spiro atoms. The van der Waals surface area contributed by atoms with Crippen LogP contribution < -0.4 is 4.74 Å². The number of fused-ring (bicyclic) bond motifs is 1. The maximum atomic E-state index is 10.3. The van der Waals surface area contributed by atoms with Crippen molar-refractivity contribution in [3.8, 4) is 5.75 Å². The van der Waals surface area contributed by atoms with Crippen LogP contribution in [0.3, 0.4) is 0 Å². The Kier molecular flexibility index (Phi) is 3.14. The molecule has 0 saturated heterocycles. The number of ether oxygens (including phenoxy) is 1. The lowest BCUT2D eigenvalue weighted by atomic mass is 10.3. The molecule has 0 aliphatic carbocycles. The Morgan fingerprint density at radius 2 is 2.35 bits per heavy atom. The first-order valence-corrected chi connectivity index (χ1v) is 5.52. The van der Waals surface area contributed by atoms with Gasteiger partial charge in [-0.25, -0.2) is 0 Å². The summed E-state index contributed by atoms with van der Waals surface area (Å²) in [6.45, 7) is 0.161. The van der Waals surface area contributed by atoms with E-state index in [4.69, 9.17) is 22.1 Å². The Morgan fingerprint density at radius 1 is 1.59 bits per heavy atom. The van der Waals surface area contributed by atoms with Crippen LogP contribution in [0.4, 0.5) is 0 Å². The number of aromatic nitrogens is 2. The van der Waals surface area contributed by atoms with Crippen LogP contribution in [-0.4, -0.2) is 27.2 Å². The van der Waals surface area contributed by atoms with Crippen LogP contribution >= 0.6 is 12.2 Å². The van der Waals surface area contributed by atoms with Gasteiger partial charge in [0.05, 0.1) is 24.1 Å². The summed E-state index contributed by atoms with van der Waals surface area (Å²) in [6, 6.07) is 5.50. The number of imidazole rings is 1. The zero-order valence-corrected chi connectivity index (χ0v) is 10.1. The molecule has 0 unspecified atom stereocenters. The highest BCUT2D eigenvalue weighted by molar-refractivity contribution is 7.71. The third-order valence-electron chi connectivity index (χ3n) is 2.46. The second-order valence-corrected chi connectivity index (χ2v) is 4.05. The number of rotatable bonds is 4. The van der Waals surface area contributed by atoms with Crippen molar-refractivity contribution in [1.82, 2.24) is 9.55 Å². The van der Waals surface area contributed by atoms with E-state index < -0.39 is 5.97 Å². The molecule has 90 valence electrons. The van der Waals surface area contributed by atoms with Crippen LogP contribution in [0.5, 0.6) is 5.75 Å². The maximum absolute atomic E-state index is 10.3. The molecule has 0 atom stereocenters. The van der Waals surface area contributed by atoms with E-state index in [1.807, 2.05) is 23.7 Å². The second kappa shape index (κ2) is 4.58. The summed E-state index contributed by atoms with van der Waals surface area (Å²) in [5.41, 5.74) is 1.87. The first-order valence-electron chi connectivity index (χ1n) is 5.11. The minimum Gasteiger partial charge on any atom is -0.493 e. The molecule has 5 nitrogen and oxygen atoms in total. The van der Waals surface area contributed by atoms with Crippen LogP contribution in [0.15, 0.2) is 18.2 Å². The number of H-pyrrole nitrogens is 1.